The van der Waals surface area contributed by atoms with Crippen molar-refractivity contribution < 1.29 is 22.7 Å². The third-order valence-electron chi connectivity index (χ3n) is 3.57. The van der Waals surface area contributed by atoms with Crippen molar-refractivity contribution in [2.75, 3.05) is 24.5 Å². The Morgan fingerprint density at radius 3 is 2.48 bits per heavy atom. The summed E-state index contributed by atoms with van der Waals surface area (Å²) < 4.78 is 44.3. The predicted molar refractivity (Wildman–Crippen MR) is 85.1 cm³/mol. The molecule has 3 rings (SSSR count). The summed E-state index contributed by atoms with van der Waals surface area (Å²) in [6.45, 7) is -0.0159. The van der Waals surface area contributed by atoms with Crippen LogP contribution >= 0.6 is 11.6 Å². The standard InChI is InChI=1S/C15H14ClF3N4O2/c16-12-7-21-22-13(12)14(24)23(8-15(17,18)19)9-1-3-10(4-2-9)25-11-5-20-6-11/h1-4,7,11,20H,5-6,8H2,(H,21,22). The minimum Gasteiger partial charge on any atom is -0.488 e. The van der Waals surface area contributed by atoms with Gasteiger partial charge in [0.25, 0.3) is 5.91 Å². The van der Waals surface area contributed by atoms with Crippen molar-refractivity contribution in [3.63, 3.8) is 0 Å². The van der Waals surface area contributed by atoms with Crippen LogP contribution in [0.2, 0.25) is 5.02 Å². The van der Waals surface area contributed by atoms with Crippen LogP contribution in [0.25, 0.3) is 0 Å². The van der Waals surface area contributed by atoms with Crippen LogP contribution in [0.5, 0.6) is 5.75 Å². The zero-order valence-corrected chi connectivity index (χ0v) is 13.6. The Morgan fingerprint density at radius 1 is 1.32 bits per heavy atom. The van der Waals surface area contributed by atoms with E-state index >= 15 is 0 Å². The summed E-state index contributed by atoms with van der Waals surface area (Å²) in [5.74, 6) is -0.423. The fraction of sp³-hybridized carbons (Fsp3) is 0.333. The molecule has 10 heteroatoms. The number of alkyl halides is 3. The van der Waals surface area contributed by atoms with E-state index in [2.05, 4.69) is 15.5 Å². The van der Waals surface area contributed by atoms with Gasteiger partial charge in [-0.25, -0.2) is 0 Å². The van der Waals surface area contributed by atoms with E-state index in [0.29, 0.717) is 10.6 Å². The molecule has 2 N–H and O–H groups in total. The summed E-state index contributed by atoms with van der Waals surface area (Å²) in [5.41, 5.74) is -0.202. The maximum absolute atomic E-state index is 12.9. The molecule has 1 aliphatic heterocycles. The largest absolute Gasteiger partial charge is 0.488 e. The molecule has 0 unspecified atom stereocenters. The number of aromatic amines is 1. The number of ether oxygens (including phenoxy) is 1. The number of carbonyl (C=O) groups excluding carboxylic acids is 1. The molecule has 0 bridgehead atoms. The first kappa shape index (κ1) is 17.6. The third-order valence-corrected chi connectivity index (χ3v) is 3.86. The van der Waals surface area contributed by atoms with Gasteiger partial charge >= 0.3 is 6.18 Å². The number of aromatic nitrogens is 2. The van der Waals surface area contributed by atoms with Gasteiger partial charge in [0.1, 0.15) is 18.4 Å². The van der Waals surface area contributed by atoms with Gasteiger partial charge < -0.3 is 10.1 Å². The van der Waals surface area contributed by atoms with Crippen molar-refractivity contribution in [2.24, 2.45) is 0 Å². The normalized spacial score (nSPS) is 14.9. The molecule has 1 fully saturated rings. The van der Waals surface area contributed by atoms with Crippen molar-refractivity contribution >= 4 is 23.2 Å². The zero-order valence-electron chi connectivity index (χ0n) is 12.8. The van der Waals surface area contributed by atoms with Crippen LogP contribution in [-0.2, 0) is 0 Å². The number of anilines is 1. The van der Waals surface area contributed by atoms with Gasteiger partial charge in [0.05, 0.1) is 5.02 Å². The molecule has 2 heterocycles. The first-order chi connectivity index (χ1) is 11.8. The summed E-state index contributed by atoms with van der Waals surface area (Å²) in [6, 6.07) is 5.84. The molecule has 1 amide bonds. The number of H-pyrrole nitrogens is 1. The Kier molecular flexibility index (Phi) is 4.87. The molecule has 2 aromatic rings. The van der Waals surface area contributed by atoms with Crippen LogP contribution < -0.4 is 15.0 Å². The molecule has 0 saturated carbocycles. The molecular weight excluding hydrogens is 361 g/mol. The number of nitrogens with zero attached hydrogens (tertiary/aromatic N) is 2. The molecule has 0 radical (unpaired) electrons. The highest BCUT2D eigenvalue weighted by Gasteiger charge is 2.35. The lowest BCUT2D eigenvalue weighted by Gasteiger charge is -2.28. The number of benzene rings is 1. The van der Waals surface area contributed by atoms with Crippen LogP contribution in [0.3, 0.4) is 0 Å². The second-order valence-corrected chi connectivity index (χ2v) is 5.89. The van der Waals surface area contributed by atoms with Crippen LogP contribution in [0.15, 0.2) is 30.5 Å². The Bertz CT molecular complexity index is 744. The van der Waals surface area contributed by atoms with Gasteiger partial charge in [-0.15, -0.1) is 0 Å². The smallest absolute Gasteiger partial charge is 0.406 e. The molecular formula is C15H14ClF3N4O2. The van der Waals surface area contributed by atoms with Gasteiger partial charge in [0, 0.05) is 25.0 Å². The Balaban J connectivity index is 1.83. The topological polar surface area (TPSA) is 70.2 Å². The number of carbonyl (C=O) groups is 1. The Morgan fingerprint density at radius 2 is 2.00 bits per heavy atom. The Labute approximate surface area is 145 Å². The minimum atomic E-state index is -4.58. The van der Waals surface area contributed by atoms with E-state index in [4.69, 9.17) is 16.3 Å². The van der Waals surface area contributed by atoms with Crippen LogP contribution in [0.1, 0.15) is 10.5 Å². The van der Waals surface area contributed by atoms with Crippen molar-refractivity contribution in [2.45, 2.75) is 12.3 Å². The van der Waals surface area contributed by atoms with Gasteiger partial charge in [-0.05, 0) is 24.3 Å². The first-order valence-corrected chi connectivity index (χ1v) is 7.76. The molecule has 25 heavy (non-hydrogen) atoms. The van der Waals surface area contributed by atoms with E-state index < -0.39 is 18.6 Å². The van der Waals surface area contributed by atoms with Gasteiger partial charge in [-0.1, -0.05) is 11.6 Å². The van der Waals surface area contributed by atoms with Crippen LogP contribution in [0, 0.1) is 0 Å². The van der Waals surface area contributed by atoms with Crippen molar-refractivity contribution in [3.8, 4) is 5.75 Å². The fourth-order valence-corrected chi connectivity index (χ4v) is 2.43. The maximum atomic E-state index is 12.9. The highest BCUT2D eigenvalue weighted by atomic mass is 35.5. The van der Waals surface area contributed by atoms with Crippen molar-refractivity contribution in [1.82, 2.24) is 15.5 Å². The quantitative estimate of drug-likeness (QED) is 0.844. The highest BCUT2D eigenvalue weighted by molar-refractivity contribution is 6.34. The molecule has 134 valence electrons. The lowest BCUT2D eigenvalue weighted by atomic mass is 10.2. The average molecular weight is 375 g/mol. The van der Waals surface area contributed by atoms with E-state index in [9.17, 15) is 18.0 Å². The lowest BCUT2D eigenvalue weighted by Crippen LogP contribution is -2.50. The second kappa shape index (κ2) is 6.93. The monoisotopic (exact) mass is 374 g/mol. The van der Waals surface area contributed by atoms with E-state index in [1.807, 2.05) is 0 Å². The number of nitrogens with one attached hydrogen (secondary N) is 2. The number of rotatable bonds is 5. The predicted octanol–water partition coefficient (Wildman–Crippen LogP) is 2.62. The first-order valence-electron chi connectivity index (χ1n) is 7.39. The number of halogens is 4. The minimum absolute atomic E-state index is 0.0432. The molecule has 1 aromatic carbocycles. The molecule has 0 spiro atoms. The van der Waals surface area contributed by atoms with Gasteiger partial charge in [-0.3, -0.25) is 14.8 Å². The summed E-state index contributed by atoms with van der Waals surface area (Å²) in [5, 5.41) is 8.98. The highest BCUT2D eigenvalue weighted by Crippen LogP contribution is 2.27. The molecule has 1 aromatic heterocycles. The lowest BCUT2D eigenvalue weighted by molar-refractivity contribution is -0.118. The number of amides is 1. The Hall–Kier alpha value is -2.26. The molecule has 0 aliphatic carbocycles. The van der Waals surface area contributed by atoms with E-state index in [-0.39, 0.29) is 22.5 Å². The summed E-state index contributed by atoms with van der Waals surface area (Å²) in [6.07, 6.45) is -3.31. The van der Waals surface area contributed by atoms with Gasteiger partial charge in [0.15, 0.2) is 5.69 Å². The summed E-state index contributed by atoms with van der Waals surface area (Å²) in [4.78, 5) is 13.0. The molecule has 1 saturated heterocycles. The van der Waals surface area contributed by atoms with E-state index in [1.165, 1.54) is 30.5 Å². The summed E-state index contributed by atoms with van der Waals surface area (Å²) >= 11 is 5.79. The number of hydrogen-bond donors (Lipinski definition) is 2. The molecule has 1 aliphatic rings. The van der Waals surface area contributed by atoms with Crippen LogP contribution in [-0.4, -0.2) is 48.0 Å². The van der Waals surface area contributed by atoms with Crippen molar-refractivity contribution in [3.05, 3.63) is 41.2 Å². The van der Waals surface area contributed by atoms with E-state index in [1.54, 1.807) is 0 Å². The van der Waals surface area contributed by atoms with Gasteiger partial charge in [0.2, 0.25) is 0 Å². The molecule has 0 atom stereocenters. The van der Waals surface area contributed by atoms with Crippen LogP contribution in [0.4, 0.5) is 18.9 Å². The average Bonchev–Trinajstić information content (AvgIpc) is 2.94. The van der Waals surface area contributed by atoms with Crippen molar-refractivity contribution in [1.29, 1.82) is 0 Å². The third kappa shape index (κ3) is 4.23. The second-order valence-electron chi connectivity index (χ2n) is 5.48. The fourth-order valence-electron chi connectivity index (χ4n) is 2.26. The summed E-state index contributed by atoms with van der Waals surface area (Å²) in [7, 11) is 0. The number of hydrogen-bond acceptors (Lipinski definition) is 4. The van der Waals surface area contributed by atoms with E-state index in [0.717, 1.165) is 13.1 Å². The maximum Gasteiger partial charge on any atom is 0.406 e. The molecule has 6 nitrogen and oxygen atoms in total. The zero-order chi connectivity index (χ0) is 18.0. The SMILES string of the molecule is O=C(c1n[nH]cc1Cl)N(CC(F)(F)F)c1ccc(OC2CNC2)cc1. The van der Waals surface area contributed by atoms with Gasteiger partial charge in [-0.2, -0.15) is 18.3 Å².